The Hall–Kier alpha value is -0.530. The number of aromatic nitrogens is 1. The van der Waals surface area contributed by atoms with Gasteiger partial charge in [0.15, 0.2) is 12.2 Å². The van der Waals surface area contributed by atoms with Crippen LogP contribution in [0.4, 0.5) is 0 Å². The summed E-state index contributed by atoms with van der Waals surface area (Å²) in [7, 11) is -9.41. The Bertz CT molecular complexity index is 705. The first kappa shape index (κ1) is 23.5. The molecule has 0 bridgehead atoms. The molecule has 0 saturated heterocycles. The first-order valence-electron chi connectivity index (χ1n) is 6.43. The van der Waals surface area contributed by atoms with Gasteiger partial charge in [-0.05, 0) is 29.8 Å². The van der Waals surface area contributed by atoms with Crippen molar-refractivity contribution in [3.8, 4) is 0 Å². The average molecular weight is 419 g/mol. The topological polar surface area (TPSA) is 119 Å². The van der Waals surface area contributed by atoms with E-state index in [0.29, 0.717) is 0 Å². The lowest BCUT2D eigenvalue weighted by Gasteiger charge is -2.36. The van der Waals surface area contributed by atoms with Crippen LogP contribution in [0, 0.1) is 0 Å². The molecule has 1 aromatic heterocycles. The lowest BCUT2D eigenvalue weighted by molar-refractivity contribution is -0.793. The average Bonchev–Trinajstić information content (AvgIpc) is 2.45. The van der Waals surface area contributed by atoms with E-state index in [1.165, 1.54) is 48.4 Å². The van der Waals surface area contributed by atoms with E-state index in [0.717, 1.165) is 0 Å². The summed E-state index contributed by atoms with van der Waals surface area (Å²) >= 11 is 0. The molecule has 1 aromatic rings. The molecular formula is C12H18Cl2N2O6P2. The maximum absolute atomic E-state index is 12.3. The van der Waals surface area contributed by atoms with Crippen molar-refractivity contribution in [1.29, 1.82) is 0 Å². The van der Waals surface area contributed by atoms with E-state index in [-0.39, 0.29) is 24.8 Å². The summed E-state index contributed by atoms with van der Waals surface area (Å²) in [4.78, 5) is 38.8. The molecule has 0 aromatic carbocycles. The summed E-state index contributed by atoms with van der Waals surface area (Å²) in [5, 5.41) is 0. The Morgan fingerprint density at radius 2 is 1.54 bits per heavy atom. The van der Waals surface area contributed by atoms with Gasteiger partial charge in [0.1, 0.15) is 5.66 Å². The van der Waals surface area contributed by atoms with Crippen molar-refractivity contribution in [2.45, 2.75) is 18.6 Å². The molecule has 8 nitrogen and oxygen atoms in total. The molecule has 12 heteroatoms. The monoisotopic (exact) mass is 418 g/mol. The third-order valence-corrected chi connectivity index (χ3v) is 6.48. The third-order valence-electron chi connectivity index (χ3n) is 3.68. The highest BCUT2D eigenvalue weighted by molar-refractivity contribution is 7.53. The van der Waals surface area contributed by atoms with Crippen LogP contribution in [-0.2, 0) is 9.13 Å². The van der Waals surface area contributed by atoms with Crippen LogP contribution in [0.3, 0.4) is 0 Å². The van der Waals surface area contributed by atoms with Gasteiger partial charge in [0.05, 0.1) is 0 Å². The minimum atomic E-state index is -4.85. The fourth-order valence-electron chi connectivity index (χ4n) is 2.49. The predicted octanol–water partition coefficient (Wildman–Crippen LogP) is -5.47. The van der Waals surface area contributed by atoms with Crippen molar-refractivity contribution in [3.63, 3.8) is 0 Å². The molecule has 3 atom stereocenters. The minimum absolute atomic E-state index is 0. The van der Waals surface area contributed by atoms with E-state index in [2.05, 4.69) is 0 Å². The van der Waals surface area contributed by atoms with Gasteiger partial charge in [-0.1, -0.05) is 6.08 Å². The van der Waals surface area contributed by atoms with Gasteiger partial charge in [0, 0.05) is 16.5 Å². The molecule has 1 aliphatic heterocycles. The fraction of sp³-hybridized carbons (Fsp3) is 0.250. The van der Waals surface area contributed by atoms with Gasteiger partial charge >= 0.3 is 15.3 Å². The summed E-state index contributed by atoms with van der Waals surface area (Å²) < 4.78 is 24.1. The Kier molecular flexibility index (Phi) is 8.05. The van der Waals surface area contributed by atoms with Gasteiger partial charge in [-0.2, -0.15) is 4.57 Å². The summed E-state index contributed by atoms with van der Waals surface area (Å²) in [6, 6.07) is 3.72. The lowest BCUT2D eigenvalue weighted by atomic mass is 10.1. The number of quaternary nitrogens is 1. The van der Waals surface area contributed by atoms with E-state index < -0.39 is 31.4 Å². The van der Waals surface area contributed by atoms with E-state index in [4.69, 9.17) is 0 Å². The molecule has 0 saturated carbocycles. The summed E-state index contributed by atoms with van der Waals surface area (Å²) in [5.41, 5.74) is -1.28. The number of pyridine rings is 1. The van der Waals surface area contributed by atoms with Crippen molar-refractivity contribution in [2.75, 3.05) is 0 Å². The summed E-state index contributed by atoms with van der Waals surface area (Å²) in [5.74, 6) is 0. The fourth-order valence-corrected chi connectivity index (χ4v) is 4.56. The highest BCUT2D eigenvalue weighted by atomic mass is 35.5. The van der Waals surface area contributed by atoms with E-state index in [1.807, 2.05) is 0 Å². The Labute approximate surface area is 151 Å². The van der Waals surface area contributed by atoms with E-state index >= 15 is 0 Å². The maximum Gasteiger partial charge on any atom is 0.588 e. The van der Waals surface area contributed by atoms with Crippen LogP contribution in [0.5, 0.6) is 0 Å². The molecule has 0 fully saturated rings. The zero-order valence-electron chi connectivity index (χ0n) is 12.5. The van der Waals surface area contributed by atoms with E-state index in [9.17, 15) is 28.7 Å². The Morgan fingerprint density at radius 1 is 1.00 bits per heavy atom. The van der Waals surface area contributed by atoms with Crippen molar-refractivity contribution >= 4 is 15.3 Å². The van der Waals surface area contributed by atoms with E-state index in [1.54, 1.807) is 18.2 Å². The number of rotatable bonds is 4. The van der Waals surface area contributed by atoms with Gasteiger partial charge < -0.3 is 34.6 Å². The van der Waals surface area contributed by atoms with Crippen LogP contribution in [-0.4, -0.2) is 31.3 Å². The normalized spacial score (nSPS) is 24.6. The second-order valence-corrected chi connectivity index (χ2v) is 8.68. The highest BCUT2D eigenvalue weighted by Crippen LogP contribution is 2.53. The molecular weight excluding hydrogens is 401 g/mol. The van der Waals surface area contributed by atoms with Gasteiger partial charge in [0.25, 0.3) is 0 Å². The molecule has 3 unspecified atom stereocenters. The number of hydrogen-bond donors (Lipinski definition) is 4. The zero-order valence-corrected chi connectivity index (χ0v) is 15.8. The SMILES string of the molecule is CC(C1C=CC=C[N+]1([n+]1ccccc1)P(=O)(O)O)P(=O)(O)O.[Cl-].[Cl-]. The molecule has 136 valence electrons. The molecule has 0 radical (unpaired) electrons. The smallest absolute Gasteiger partial charge is 0.588 e. The highest BCUT2D eigenvalue weighted by Gasteiger charge is 2.63. The van der Waals surface area contributed by atoms with Crippen molar-refractivity contribution in [1.82, 2.24) is 4.36 Å². The van der Waals surface area contributed by atoms with Crippen LogP contribution >= 0.6 is 15.3 Å². The second-order valence-electron chi connectivity index (χ2n) is 5.02. The molecule has 0 spiro atoms. The predicted molar refractivity (Wildman–Crippen MR) is 79.8 cm³/mol. The molecule has 24 heavy (non-hydrogen) atoms. The molecule has 1 aliphatic rings. The van der Waals surface area contributed by atoms with Crippen LogP contribution in [0.1, 0.15) is 6.92 Å². The molecule has 0 amide bonds. The number of nitrogens with zero attached hydrogens (tertiary/aromatic N) is 2. The first-order valence-corrected chi connectivity index (χ1v) is 9.68. The molecule has 0 aliphatic carbocycles. The minimum Gasteiger partial charge on any atom is -1.00 e. The molecule has 4 N–H and O–H groups in total. The van der Waals surface area contributed by atoms with Crippen LogP contribution in [0.2, 0.25) is 0 Å². The molecule has 2 heterocycles. The third kappa shape index (κ3) is 4.17. The standard InChI is InChI=1S/C12H16N2O6P2.2ClH/c1-11(21(15,16)17)12-7-3-6-10-14(12,22(18,19)20)13-8-4-2-5-9-13;;/h2-12H,1H3,(H2-2,15,16,17,18,19,20);2*1H. The summed E-state index contributed by atoms with van der Waals surface area (Å²) in [6.45, 7) is 1.28. The lowest BCUT2D eigenvalue weighted by Crippen LogP contribution is -3.00. The quantitative estimate of drug-likeness (QED) is 0.286. The van der Waals surface area contributed by atoms with Gasteiger partial charge in [-0.3, -0.25) is 14.4 Å². The number of halogens is 2. The van der Waals surface area contributed by atoms with Crippen molar-refractivity contribution < 1.29 is 58.2 Å². The van der Waals surface area contributed by atoms with Crippen LogP contribution in [0.15, 0.2) is 55.0 Å². The Morgan fingerprint density at radius 3 is 2.00 bits per heavy atom. The second kappa shape index (κ2) is 8.23. The molecule has 2 rings (SSSR count). The Balaban J connectivity index is 0.00000264. The van der Waals surface area contributed by atoms with Crippen LogP contribution in [0.25, 0.3) is 0 Å². The van der Waals surface area contributed by atoms with Crippen molar-refractivity contribution in [3.05, 3.63) is 55.0 Å². The maximum atomic E-state index is 12.3. The van der Waals surface area contributed by atoms with Gasteiger partial charge in [0.2, 0.25) is 12.4 Å². The largest absolute Gasteiger partial charge is 1.00 e. The van der Waals surface area contributed by atoms with Crippen LogP contribution < -0.4 is 33.9 Å². The van der Waals surface area contributed by atoms with Crippen molar-refractivity contribution in [2.24, 2.45) is 0 Å². The van der Waals surface area contributed by atoms with Gasteiger partial charge in [-0.25, -0.2) is 0 Å². The summed E-state index contributed by atoms with van der Waals surface area (Å²) in [6.07, 6.45) is 8.51. The first-order chi connectivity index (χ1) is 10.1. The number of hydrogen-bond acceptors (Lipinski definition) is 2. The van der Waals surface area contributed by atoms with Gasteiger partial charge in [-0.15, -0.1) is 0 Å². The number of allylic oxidation sites excluding steroid dienone is 2. The zero-order chi connectivity index (χ0) is 16.6.